The van der Waals surface area contributed by atoms with Crippen molar-refractivity contribution in [2.45, 2.75) is 110 Å². The van der Waals surface area contributed by atoms with Gasteiger partial charge >= 0.3 is 5.97 Å². The van der Waals surface area contributed by atoms with Crippen molar-refractivity contribution >= 4 is 17.6 Å². The summed E-state index contributed by atoms with van der Waals surface area (Å²) in [7, 11) is 0. The number of hydrogen-bond donors (Lipinski definition) is 1. The molecule has 1 N–H and O–H groups in total. The van der Waals surface area contributed by atoms with E-state index in [9.17, 15) is 9.90 Å². The topological polar surface area (TPSA) is 46.5 Å². The van der Waals surface area contributed by atoms with Gasteiger partial charge in [-0.05, 0) is 6.42 Å². The molecule has 0 aliphatic heterocycles. The Hall–Kier alpha value is -0.280. The third-order valence-electron chi connectivity index (χ3n) is 4.11. The Kier molecular flexibility index (Phi) is 17.8. The molecule has 1 unspecified atom stereocenters. The summed E-state index contributed by atoms with van der Waals surface area (Å²) in [4.78, 5) is 11.4. The molecule has 0 aliphatic rings. The Bertz CT molecular complexity index is 259. The minimum atomic E-state index is -1.04. The summed E-state index contributed by atoms with van der Waals surface area (Å²) in [5.74, 6) is -0.0154. The molecule has 0 saturated carbocycles. The summed E-state index contributed by atoms with van der Waals surface area (Å²) < 4.78 is 4.83. The maximum absolute atomic E-state index is 11.4. The lowest BCUT2D eigenvalue weighted by atomic mass is 10.0. The van der Waals surface area contributed by atoms with Gasteiger partial charge in [-0.1, -0.05) is 84.0 Å². The van der Waals surface area contributed by atoms with Crippen molar-refractivity contribution in [3.05, 3.63) is 0 Å². The van der Waals surface area contributed by atoms with Crippen LogP contribution in [-0.2, 0) is 9.53 Å². The molecule has 0 fully saturated rings. The van der Waals surface area contributed by atoms with Crippen molar-refractivity contribution in [1.82, 2.24) is 0 Å². The number of unbranched alkanes of at least 4 members (excludes halogenated alkanes) is 12. The van der Waals surface area contributed by atoms with Gasteiger partial charge in [-0.2, -0.15) is 0 Å². The van der Waals surface area contributed by atoms with Gasteiger partial charge in [-0.25, -0.2) is 0 Å². The maximum atomic E-state index is 11.4. The Balaban J connectivity index is 3.17. The van der Waals surface area contributed by atoms with E-state index in [1.807, 2.05) is 0 Å². The molecule has 0 radical (unpaired) electrons. The molecule has 0 aromatic heterocycles. The minimum Gasteiger partial charge on any atom is -0.436 e. The van der Waals surface area contributed by atoms with Crippen LogP contribution in [0.2, 0.25) is 0 Å². The highest BCUT2D eigenvalue weighted by Crippen LogP contribution is 2.13. The van der Waals surface area contributed by atoms with E-state index in [-0.39, 0.29) is 5.97 Å². The van der Waals surface area contributed by atoms with Crippen LogP contribution in [-0.4, -0.2) is 23.2 Å². The molecule has 0 amide bonds. The van der Waals surface area contributed by atoms with E-state index in [0.29, 0.717) is 18.7 Å². The lowest BCUT2D eigenvalue weighted by molar-refractivity contribution is -0.168. The number of carbonyl (C=O) groups is 1. The first kappa shape index (κ1) is 22.7. The molecule has 3 nitrogen and oxygen atoms in total. The smallest absolute Gasteiger partial charge is 0.308 e. The first-order valence-corrected chi connectivity index (χ1v) is 10.2. The molecule has 0 aromatic carbocycles. The number of rotatable bonds is 17. The molecule has 0 saturated heterocycles. The third kappa shape index (κ3) is 17.9. The lowest BCUT2D eigenvalue weighted by Gasteiger charge is -2.10. The van der Waals surface area contributed by atoms with E-state index < -0.39 is 6.29 Å². The van der Waals surface area contributed by atoms with Crippen LogP contribution < -0.4 is 0 Å². The number of halogens is 1. The van der Waals surface area contributed by atoms with Gasteiger partial charge in [0.25, 0.3) is 0 Å². The van der Waals surface area contributed by atoms with Gasteiger partial charge in [0, 0.05) is 18.7 Å². The van der Waals surface area contributed by atoms with Crippen LogP contribution in [0.4, 0.5) is 0 Å². The second kappa shape index (κ2) is 18.1. The van der Waals surface area contributed by atoms with Crippen LogP contribution in [0.5, 0.6) is 0 Å². The largest absolute Gasteiger partial charge is 0.436 e. The van der Waals surface area contributed by atoms with E-state index in [0.717, 1.165) is 12.8 Å². The Morgan fingerprint density at radius 3 is 1.74 bits per heavy atom. The van der Waals surface area contributed by atoms with Gasteiger partial charge in [0.15, 0.2) is 0 Å². The number of ether oxygens (including phenoxy) is 1. The summed E-state index contributed by atoms with van der Waals surface area (Å²) >= 11 is 5.46. The normalized spacial score (nSPS) is 12.3. The highest BCUT2D eigenvalue weighted by Gasteiger charge is 2.09. The SMILES string of the molecule is CCCCCCCCCCCCCCCC(=O)OC(O)CCCl. The first-order valence-electron chi connectivity index (χ1n) is 9.64. The molecule has 0 rings (SSSR count). The fourth-order valence-electron chi connectivity index (χ4n) is 2.65. The van der Waals surface area contributed by atoms with Crippen LogP contribution >= 0.6 is 11.6 Å². The van der Waals surface area contributed by atoms with E-state index in [1.54, 1.807) is 0 Å². The maximum Gasteiger partial charge on any atom is 0.308 e. The van der Waals surface area contributed by atoms with E-state index in [1.165, 1.54) is 70.6 Å². The highest BCUT2D eigenvalue weighted by atomic mass is 35.5. The Morgan fingerprint density at radius 2 is 1.30 bits per heavy atom. The quantitative estimate of drug-likeness (QED) is 0.153. The van der Waals surface area contributed by atoms with Crippen LogP contribution in [0.3, 0.4) is 0 Å². The van der Waals surface area contributed by atoms with Crippen molar-refractivity contribution in [3.63, 3.8) is 0 Å². The standard InChI is InChI=1S/C19H37ClO3/c1-2-3-4-5-6-7-8-9-10-11-12-13-14-15-18(21)23-19(22)16-17-20/h19,22H,2-17H2,1H3. The van der Waals surface area contributed by atoms with E-state index >= 15 is 0 Å². The zero-order valence-electron chi connectivity index (χ0n) is 15.0. The molecule has 138 valence electrons. The van der Waals surface area contributed by atoms with Crippen molar-refractivity contribution in [2.24, 2.45) is 0 Å². The average molecular weight is 349 g/mol. The van der Waals surface area contributed by atoms with Crippen molar-refractivity contribution in [1.29, 1.82) is 0 Å². The summed E-state index contributed by atoms with van der Waals surface area (Å²) in [5.41, 5.74) is 0. The molecule has 23 heavy (non-hydrogen) atoms. The number of carbonyl (C=O) groups excluding carboxylic acids is 1. The van der Waals surface area contributed by atoms with Gasteiger partial charge < -0.3 is 9.84 Å². The van der Waals surface area contributed by atoms with Crippen molar-refractivity contribution < 1.29 is 14.6 Å². The summed E-state index contributed by atoms with van der Waals surface area (Å²) in [6.45, 7) is 2.26. The number of alkyl halides is 1. The number of esters is 1. The molecule has 0 heterocycles. The summed E-state index contributed by atoms with van der Waals surface area (Å²) in [5, 5.41) is 9.30. The molecule has 0 spiro atoms. The Morgan fingerprint density at radius 1 is 0.870 bits per heavy atom. The molecule has 4 heteroatoms. The van der Waals surface area contributed by atoms with Crippen LogP contribution in [0.1, 0.15) is 103 Å². The number of hydrogen-bond acceptors (Lipinski definition) is 3. The molecular weight excluding hydrogens is 312 g/mol. The van der Waals surface area contributed by atoms with Crippen LogP contribution in [0, 0.1) is 0 Å². The number of aliphatic hydroxyl groups excluding tert-OH is 1. The van der Waals surface area contributed by atoms with Crippen molar-refractivity contribution in [2.75, 3.05) is 5.88 Å². The van der Waals surface area contributed by atoms with Crippen LogP contribution in [0.15, 0.2) is 0 Å². The monoisotopic (exact) mass is 348 g/mol. The van der Waals surface area contributed by atoms with Gasteiger partial charge in [-0.15, -0.1) is 11.6 Å². The second-order valence-electron chi connectivity index (χ2n) is 6.41. The zero-order chi connectivity index (χ0) is 17.2. The summed E-state index contributed by atoms with van der Waals surface area (Å²) in [6, 6.07) is 0. The predicted molar refractivity (Wildman–Crippen MR) is 97.7 cm³/mol. The predicted octanol–water partition coefficient (Wildman–Crippen LogP) is 5.96. The van der Waals surface area contributed by atoms with Gasteiger partial charge in [0.2, 0.25) is 6.29 Å². The molecular formula is C19H37ClO3. The lowest BCUT2D eigenvalue weighted by Crippen LogP contribution is -2.17. The molecule has 1 atom stereocenters. The van der Waals surface area contributed by atoms with E-state index in [4.69, 9.17) is 16.3 Å². The van der Waals surface area contributed by atoms with Gasteiger partial charge in [-0.3, -0.25) is 4.79 Å². The molecule has 0 aromatic rings. The second-order valence-corrected chi connectivity index (χ2v) is 6.79. The number of aliphatic hydroxyl groups is 1. The first-order chi connectivity index (χ1) is 11.2. The third-order valence-corrected chi connectivity index (χ3v) is 4.33. The zero-order valence-corrected chi connectivity index (χ0v) is 15.8. The van der Waals surface area contributed by atoms with E-state index in [2.05, 4.69) is 6.92 Å². The van der Waals surface area contributed by atoms with Gasteiger partial charge in [0.05, 0.1) is 0 Å². The highest BCUT2D eigenvalue weighted by molar-refractivity contribution is 6.17. The minimum absolute atomic E-state index is 0.298. The summed E-state index contributed by atoms with van der Waals surface area (Å²) in [6.07, 6.45) is 16.4. The van der Waals surface area contributed by atoms with Crippen molar-refractivity contribution in [3.8, 4) is 0 Å². The molecule has 0 aliphatic carbocycles. The fourth-order valence-corrected chi connectivity index (χ4v) is 2.84. The fraction of sp³-hybridized carbons (Fsp3) is 0.947. The Labute approximate surface area is 148 Å². The average Bonchev–Trinajstić information content (AvgIpc) is 2.52. The van der Waals surface area contributed by atoms with Crippen LogP contribution in [0.25, 0.3) is 0 Å². The molecule has 0 bridgehead atoms. The van der Waals surface area contributed by atoms with Gasteiger partial charge in [0.1, 0.15) is 0 Å².